The van der Waals surface area contributed by atoms with Crippen LogP contribution < -0.4 is 5.32 Å². The molecule has 0 atom stereocenters. The Morgan fingerprint density at radius 1 is 1.00 bits per heavy atom. The minimum atomic E-state index is -0.282. The zero-order valence-corrected chi connectivity index (χ0v) is 12.0. The number of rotatable bonds is 2. The van der Waals surface area contributed by atoms with Crippen molar-refractivity contribution >= 4 is 38.4 Å². The summed E-state index contributed by atoms with van der Waals surface area (Å²) in [6.07, 6.45) is 0. The topological polar surface area (TPSA) is 54.9 Å². The van der Waals surface area contributed by atoms with Gasteiger partial charge in [0, 0.05) is 9.86 Å². The number of para-hydroxylation sites is 1. The number of nitrogens with zero attached hydrogens (tertiary/aromatic N) is 2. The molecule has 0 bridgehead atoms. The quantitative estimate of drug-likeness (QED) is 0.781. The SMILES string of the molecule is O=C(Nc1ccccc1Br)c1cc2ccccc2nn1. The number of carbonyl (C=O) groups excluding carboxylic acids is 1. The van der Waals surface area contributed by atoms with Crippen LogP contribution in [0.15, 0.2) is 59.1 Å². The van der Waals surface area contributed by atoms with Crippen molar-refractivity contribution in [2.75, 3.05) is 5.32 Å². The summed E-state index contributed by atoms with van der Waals surface area (Å²) < 4.78 is 0.821. The molecule has 3 aromatic rings. The lowest BCUT2D eigenvalue weighted by atomic mass is 10.2. The van der Waals surface area contributed by atoms with Crippen LogP contribution in [0.4, 0.5) is 5.69 Å². The second-order valence-corrected chi connectivity index (χ2v) is 5.08. The third-order valence-electron chi connectivity index (χ3n) is 2.85. The Bertz CT molecular complexity index is 789. The monoisotopic (exact) mass is 327 g/mol. The van der Waals surface area contributed by atoms with Gasteiger partial charge < -0.3 is 5.32 Å². The number of benzene rings is 2. The van der Waals surface area contributed by atoms with Crippen molar-refractivity contribution in [3.05, 3.63) is 64.8 Å². The molecular formula is C15H10BrN3O. The first-order valence-electron chi connectivity index (χ1n) is 6.02. The summed E-state index contributed by atoms with van der Waals surface area (Å²) in [6, 6.07) is 16.7. The van der Waals surface area contributed by atoms with Crippen LogP contribution in [0.1, 0.15) is 10.5 Å². The van der Waals surface area contributed by atoms with Crippen LogP contribution in [-0.2, 0) is 0 Å². The fourth-order valence-electron chi connectivity index (χ4n) is 1.84. The maximum atomic E-state index is 12.2. The van der Waals surface area contributed by atoms with E-state index in [9.17, 15) is 4.79 Å². The van der Waals surface area contributed by atoms with Gasteiger partial charge in [0.25, 0.3) is 5.91 Å². The van der Waals surface area contributed by atoms with Gasteiger partial charge in [-0.2, -0.15) is 0 Å². The van der Waals surface area contributed by atoms with E-state index in [1.54, 1.807) is 6.07 Å². The van der Waals surface area contributed by atoms with E-state index in [1.165, 1.54) is 0 Å². The van der Waals surface area contributed by atoms with Crippen LogP contribution in [-0.4, -0.2) is 16.1 Å². The molecule has 4 nitrogen and oxygen atoms in total. The predicted octanol–water partition coefficient (Wildman–Crippen LogP) is 3.64. The highest BCUT2D eigenvalue weighted by molar-refractivity contribution is 9.10. The van der Waals surface area contributed by atoms with E-state index in [0.717, 1.165) is 15.4 Å². The molecule has 0 fully saturated rings. The molecule has 0 radical (unpaired) electrons. The predicted molar refractivity (Wildman–Crippen MR) is 81.6 cm³/mol. The van der Waals surface area contributed by atoms with E-state index >= 15 is 0 Å². The number of aromatic nitrogens is 2. The third-order valence-corrected chi connectivity index (χ3v) is 3.54. The number of amides is 1. The number of anilines is 1. The lowest BCUT2D eigenvalue weighted by Gasteiger charge is -2.06. The average Bonchev–Trinajstić information content (AvgIpc) is 2.49. The number of nitrogens with one attached hydrogen (secondary N) is 1. The lowest BCUT2D eigenvalue weighted by molar-refractivity contribution is 0.102. The summed E-state index contributed by atoms with van der Waals surface area (Å²) in [5, 5.41) is 11.7. The number of hydrogen-bond acceptors (Lipinski definition) is 3. The fraction of sp³-hybridized carbons (Fsp3) is 0. The molecule has 1 aromatic heterocycles. The number of hydrogen-bond donors (Lipinski definition) is 1. The molecule has 0 spiro atoms. The smallest absolute Gasteiger partial charge is 0.276 e. The van der Waals surface area contributed by atoms with Crippen molar-refractivity contribution in [3.8, 4) is 0 Å². The van der Waals surface area contributed by atoms with Gasteiger partial charge in [0.05, 0.1) is 11.2 Å². The average molecular weight is 328 g/mol. The molecule has 0 saturated heterocycles. The fourth-order valence-corrected chi connectivity index (χ4v) is 2.23. The summed E-state index contributed by atoms with van der Waals surface area (Å²) in [4.78, 5) is 12.2. The van der Waals surface area contributed by atoms with Gasteiger partial charge in [-0.05, 0) is 40.2 Å². The molecule has 0 saturated carbocycles. The third kappa shape index (κ3) is 2.53. The minimum absolute atomic E-state index is 0.282. The zero-order chi connectivity index (χ0) is 13.9. The summed E-state index contributed by atoms with van der Waals surface area (Å²) >= 11 is 3.39. The highest BCUT2D eigenvalue weighted by atomic mass is 79.9. The van der Waals surface area contributed by atoms with Gasteiger partial charge in [0.2, 0.25) is 0 Å². The summed E-state index contributed by atoms with van der Waals surface area (Å²) in [7, 11) is 0. The highest BCUT2D eigenvalue weighted by Gasteiger charge is 2.10. The minimum Gasteiger partial charge on any atom is -0.320 e. The summed E-state index contributed by atoms with van der Waals surface area (Å²) in [5.74, 6) is -0.282. The Hall–Kier alpha value is -2.27. The molecule has 1 N–H and O–H groups in total. The molecule has 3 rings (SSSR count). The van der Waals surface area contributed by atoms with Crippen molar-refractivity contribution < 1.29 is 4.79 Å². The molecule has 0 aliphatic rings. The molecule has 20 heavy (non-hydrogen) atoms. The zero-order valence-electron chi connectivity index (χ0n) is 10.4. The molecule has 1 amide bonds. The maximum absolute atomic E-state index is 12.2. The van der Waals surface area contributed by atoms with Crippen LogP contribution in [0, 0.1) is 0 Å². The second kappa shape index (κ2) is 5.38. The second-order valence-electron chi connectivity index (χ2n) is 4.22. The van der Waals surface area contributed by atoms with Gasteiger partial charge in [0.1, 0.15) is 0 Å². The van der Waals surface area contributed by atoms with Crippen molar-refractivity contribution in [3.63, 3.8) is 0 Å². The van der Waals surface area contributed by atoms with Gasteiger partial charge >= 0.3 is 0 Å². The van der Waals surface area contributed by atoms with Crippen LogP contribution in [0.25, 0.3) is 10.9 Å². The molecule has 5 heteroatoms. The molecule has 98 valence electrons. The van der Waals surface area contributed by atoms with Gasteiger partial charge in [-0.1, -0.05) is 30.3 Å². The molecular weight excluding hydrogens is 318 g/mol. The van der Waals surface area contributed by atoms with E-state index in [0.29, 0.717) is 11.4 Å². The van der Waals surface area contributed by atoms with Crippen LogP contribution in [0.5, 0.6) is 0 Å². The molecule has 0 aliphatic heterocycles. The number of halogens is 1. The number of fused-ring (bicyclic) bond motifs is 1. The first-order chi connectivity index (χ1) is 9.74. The van der Waals surface area contributed by atoms with Crippen LogP contribution >= 0.6 is 15.9 Å². The Balaban J connectivity index is 1.91. The highest BCUT2D eigenvalue weighted by Crippen LogP contribution is 2.22. The Labute approximate surface area is 124 Å². The van der Waals surface area contributed by atoms with Gasteiger partial charge in [-0.25, -0.2) is 0 Å². The van der Waals surface area contributed by atoms with E-state index in [-0.39, 0.29) is 5.91 Å². The standard InChI is InChI=1S/C15H10BrN3O/c16-11-6-2-4-8-13(11)17-15(20)14-9-10-5-1-3-7-12(10)18-19-14/h1-9H,(H,17,20). The Morgan fingerprint density at radius 3 is 2.60 bits per heavy atom. The molecule has 2 aromatic carbocycles. The van der Waals surface area contributed by atoms with Gasteiger partial charge in [-0.3, -0.25) is 4.79 Å². The molecule has 1 heterocycles. The maximum Gasteiger partial charge on any atom is 0.276 e. The normalized spacial score (nSPS) is 10.4. The largest absolute Gasteiger partial charge is 0.320 e. The Morgan fingerprint density at radius 2 is 1.75 bits per heavy atom. The summed E-state index contributed by atoms with van der Waals surface area (Å²) in [6.45, 7) is 0. The van der Waals surface area contributed by atoms with E-state index in [2.05, 4.69) is 31.4 Å². The first-order valence-corrected chi connectivity index (χ1v) is 6.82. The molecule has 0 aliphatic carbocycles. The van der Waals surface area contributed by atoms with Crippen molar-refractivity contribution in [1.82, 2.24) is 10.2 Å². The van der Waals surface area contributed by atoms with Crippen molar-refractivity contribution in [2.45, 2.75) is 0 Å². The Kier molecular flexibility index (Phi) is 3.43. The van der Waals surface area contributed by atoms with Gasteiger partial charge in [0.15, 0.2) is 5.69 Å². The first kappa shape index (κ1) is 12.7. The number of carbonyl (C=O) groups is 1. The van der Waals surface area contributed by atoms with Gasteiger partial charge in [-0.15, -0.1) is 10.2 Å². The summed E-state index contributed by atoms with van der Waals surface area (Å²) in [5.41, 5.74) is 1.76. The van der Waals surface area contributed by atoms with E-state index < -0.39 is 0 Å². The van der Waals surface area contributed by atoms with Crippen LogP contribution in [0.3, 0.4) is 0 Å². The van der Waals surface area contributed by atoms with E-state index in [4.69, 9.17) is 0 Å². The van der Waals surface area contributed by atoms with Crippen molar-refractivity contribution in [2.24, 2.45) is 0 Å². The molecule has 0 unspecified atom stereocenters. The lowest BCUT2D eigenvalue weighted by Crippen LogP contribution is -2.14. The van der Waals surface area contributed by atoms with E-state index in [1.807, 2.05) is 48.5 Å². The van der Waals surface area contributed by atoms with Crippen LogP contribution in [0.2, 0.25) is 0 Å². The van der Waals surface area contributed by atoms with Crippen molar-refractivity contribution in [1.29, 1.82) is 0 Å².